The lowest BCUT2D eigenvalue weighted by Crippen LogP contribution is -2.46. The summed E-state index contributed by atoms with van der Waals surface area (Å²) in [5, 5.41) is 13.7. The van der Waals surface area contributed by atoms with Gasteiger partial charge in [-0.1, -0.05) is 20.3 Å². The Morgan fingerprint density at radius 3 is 2.36 bits per heavy atom. The Labute approximate surface area is 83.9 Å². The molecule has 82 valence electrons. The van der Waals surface area contributed by atoms with Crippen LogP contribution in [0.15, 0.2) is 0 Å². The van der Waals surface area contributed by atoms with E-state index in [4.69, 9.17) is 5.11 Å². The maximum absolute atomic E-state index is 11.1. The third-order valence-electron chi connectivity index (χ3n) is 1.72. The first kappa shape index (κ1) is 12.7. The lowest BCUT2D eigenvalue weighted by Gasteiger charge is -2.13. The van der Waals surface area contributed by atoms with Crippen LogP contribution >= 0.6 is 0 Å². The Morgan fingerprint density at radius 1 is 1.29 bits per heavy atom. The number of urea groups is 1. The molecule has 0 spiro atoms. The van der Waals surface area contributed by atoms with Gasteiger partial charge in [-0.15, -0.1) is 0 Å². The first-order chi connectivity index (χ1) is 6.61. The van der Waals surface area contributed by atoms with Gasteiger partial charge in [0.25, 0.3) is 0 Å². The average molecular weight is 202 g/mol. The molecule has 0 rings (SSSR count). The molecule has 0 bridgehead atoms. The predicted octanol–water partition coefficient (Wildman–Crippen LogP) is 0.949. The fourth-order valence-corrected chi connectivity index (χ4v) is 0.994. The van der Waals surface area contributed by atoms with Crippen LogP contribution in [0.2, 0.25) is 0 Å². The third-order valence-corrected chi connectivity index (χ3v) is 1.72. The summed E-state index contributed by atoms with van der Waals surface area (Å²) in [6.45, 7) is 4.37. The molecule has 0 aromatic heterocycles. The van der Waals surface area contributed by atoms with Crippen molar-refractivity contribution in [2.45, 2.75) is 39.2 Å². The van der Waals surface area contributed by atoms with E-state index < -0.39 is 18.0 Å². The van der Waals surface area contributed by atoms with Gasteiger partial charge in [0.1, 0.15) is 6.04 Å². The summed E-state index contributed by atoms with van der Waals surface area (Å²) in [5.74, 6) is -0.988. The van der Waals surface area contributed by atoms with Crippen LogP contribution in [0, 0.1) is 0 Å². The molecule has 5 heteroatoms. The first-order valence-electron chi connectivity index (χ1n) is 4.89. The van der Waals surface area contributed by atoms with Crippen molar-refractivity contribution < 1.29 is 14.7 Å². The molecule has 0 aromatic rings. The number of hydrogen-bond acceptors (Lipinski definition) is 2. The Bertz CT molecular complexity index is 194. The number of carbonyl (C=O) groups excluding carboxylic acids is 1. The Balaban J connectivity index is 3.90. The van der Waals surface area contributed by atoms with Crippen molar-refractivity contribution in [1.29, 1.82) is 0 Å². The monoisotopic (exact) mass is 202 g/mol. The fraction of sp³-hybridized carbons (Fsp3) is 0.778. The van der Waals surface area contributed by atoms with E-state index in [0.29, 0.717) is 13.0 Å². The highest BCUT2D eigenvalue weighted by Gasteiger charge is 2.17. The number of carbonyl (C=O) groups is 2. The van der Waals surface area contributed by atoms with Crippen LogP contribution in [0.3, 0.4) is 0 Å². The van der Waals surface area contributed by atoms with Crippen molar-refractivity contribution in [3.05, 3.63) is 0 Å². The summed E-state index contributed by atoms with van der Waals surface area (Å²) in [7, 11) is 0. The van der Waals surface area contributed by atoms with Crippen LogP contribution < -0.4 is 10.6 Å². The van der Waals surface area contributed by atoms with E-state index in [2.05, 4.69) is 10.6 Å². The molecule has 2 amide bonds. The number of carboxylic acids is 1. The van der Waals surface area contributed by atoms with E-state index in [-0.39, 0.29) is 0 Å². The summed E-state index contributed by atoms with van der Waals surface area (Å²) in [6, 6.07) is -1.19. The molecule has 14 heavy (non-hydrogen) atoms. The van der Waals surface area contributed by atoms with Crippen LogP contribution in [-0.4, -0.2) is 29.7 Å². The largest absolute Gasteiger partial charge is 0.480 e. The van der Waals surface area contributed by atoms with E-state index in [9.17, 15) is 9.59 Å². The maximum atomic E-state index is 11.1. The van der Waals surface area contributed by atoms with Gasteiger partial charge in [-0.05, 0) is 12.8 Å². The molecule has 0 unspecified atom stereocenters. The van der Waals surface area contributed by atoms with Crippen LogP contribution in [0.5, 0.6) is 0 Å². The van der Waals surface area contributed by atoms with E-state index in [0.717, 1.165) is 12.8 Å². The number of aliphatic carboxylic acids is 1. The smallest absolute Gasteiger partial charge is 0.326 e. The molecule has 0 radical (unpaired) electrons. The number of nitrogens with one attached hydrogen (secondary N) is 2. The summed E-state index contributed by atoms with van der Waals surface area (Å²) in [4.78, 5) is 21.8. The van der Waals surface area contributed by atoms with Crippen molar-refractivity contribution in [3.63, 3.8) is 0 Å². The molecule has 0 aliphatic carbocycles. The second kappa shape index (κ2) is 7.17. The van der Waals surface area contributed by atoms with Gasteiger partial charge in [0.15, 0.2) is 0 Å². The lowest BCUT2D eigenvalue weighted by molar-refractivity contribution is -0.139. The highest BCUT2D eigenvalue weighted by Crippen LogP contribution is 1.96. The van der Waals surface area contributed by atoms with Crippen LogP contribution in [0.25, 0.3) is 0 Å². The van der Waals surface area contributed by atoms with Gasteiger partial charge >= 0.3 is 12.0 Å². The summed E-state index contributed by atoms with van der Waals surface area (Å²) in [5.41, 5.74) is 0. The molecule has 0 saturated carbocycles. The second-order valence-corrected chi connectivity index (χ2v) is 3.08. The minimum atomic E-state index is -0.988. The van der Waals surface area contributed by atoms with Gasteiger partial charge < -0.3 is 15.7 Å². The van der Waals surface area contributed by atoms with Crippen molar-refractivity contribution in [2.75, 3.05) is 6.54 Å². The highest BCUT2D eigenvalue weighted by molar-refractivity contribution is 5.82. The van der Waals surface area contributed by atoms with Gasteiger partial charge in [-0.25, -0.2) is 9.59 Å². The second-order valence-electron chi connectivity index (χ2n) is 3.08. The van der Waals surface area contributed by atoms with Crippen molar-refractivity contribution >= 4 is 12.0 Å². The maximum Gasteiger partial charge on any atom is 0.326 e. The Kier molecular flexibility index (Phi) is 6.53. The predicted molar refractivity (Wildman–Crippen MR) is 53.2 cm³/mol. The zero-order valence-corrected chi connectivity index (χ0v) is 8.67. The van der Waals surface area contributed by atoms with Crippen LogP contribution in [-0.2, 0) is 4.79 Å². The number of hydrogen-bond donors (Lipinski definition) is 3. The highest BCUT2D eigenvalue weighted by atomic mass is 16.4. The molecular weight excluding hydrogens is 184 g/mol. The molecule has 0 aromatic carbocycles. The zero-order valence-electron chi connectivity index (χ0n) is 8.67. The first-order valence-corrected chi connectivity index (χ1v) is 4.89. The molecule has 5 nitrogen and oxygen atoms in total. The standard InChI is InChI=1S/C9H18N2O3/c1-3-5-7(8(12)13)11-9(14)10-6-4-2/h7H,3-6H2,1-2H3,(H,12,13)(H2,10,11,14)/t7-/m1/s1. The topological polar surface area (TPSA) is 78.4 Å². The number of rotatable bonds is 6. The lowest BCUT2D eigenvalue weighted by atomic mass is 10.2. The molecule has 0 heterocycles. The normalized spacial score (nSPS) is 11.9. The quantitative estimate of drug-likeness (QED) is 0.600. The van der Waals surface area contributed by atoms with Gasteiger partial charge in [-0.3, -0.25) is 0 Å². The Hall–Kier alpha value is -1.26. The van der Waals surface area contributed by atoms with Gasteiger partial charge in [0.05, 0.1) is 0 Å². The van der Waals surface area contributed by atoms with E-state index in [1.807, 2.05) is 13.8 Å². The van der Waals surface area contributed by atoms with Gasteiger partial charge in [-0.2, -0.15) is 0 Å². The molecule has 0 aliphatic rings. The number of carboxylic acid groups (broad SMARTS) is 1. The van der Waals surface area contributed by atoms with E-state index in [1.165, 1.54) is 0 Å². The van der Waals surface area contributed by atoms with Crippen LogP contribution in [0.4, 0.5) is 4.79 Å². The zero-order chi connectivity index (χ0) is 11.0. The fourth-order valence-electron chi connectivity index (χ4n) is 0.994. The minimum Gasteiger partial charge on any atom is -0.480 e. The molecule has 1 atom stereocenters. The molecule has 0 fully saturated rings. The van der Waals surface area contributed by atoms with Crippen LogP contribution in [0.1, 0.15) is 33.1 Å². The van der Waals surface area contributed by atoms with Crippen molar-refractivity contribution in [2.24, 2.45) is 0 Å². The van der Waals surface area contributed by atoms with Crippen molar-refractivity contribution in [3.8, 4) is 0 Å². The molecule has 0 saturated heterocycles. The average Bonchev–Trinajstić information content (AvgIpc) is 2.14. The van der Waals surface area contributed by atoms with E-state index in [1.54, 1.807) is 0 Å². The molecule has 0 aliphatic heterocycles. The third kappa shape index (κ3) is 5.40. The minimum absolute atomic E-state index is 0.410. The summed E-state index contributed by atoms with van der Waals surface area (Å²) >= 11 is 0. The number of amides is 2. The Morgan fingerprint density at radius 2 is 1.93 bits per heavy atom. The molecular formula is C9H18N2O3. The SMILES string of the molecule is CCCNC(=O)N[C@H](CCC)C(=O)O. The summed E-state index contributed by atoms with van der Waals surface area (Å²) in [6.07, 6.45) is 2.01. The van der Waals surface area contributed by atoms with Crippen molar-refractivity contribution in [1.82, 2.24) is 10.6 Å². The van der Waals surface area contributed by atoms with E-state index >= 15 is 0 Å². The van der Waals surface area contributed by atoms with Gasteiger partial charge in [0.2, 0.25) is 0 Å². The van der Waals surface area contributed by atoms with Gasteiger partial charge in [0, 0.05) is 6.54 Å². The molecule has 3 N–H and O–H groups in total. The summed E-state index contributed by atoms with van der Waals surface area (Å²) < 4.78 is 0.